The monoisotopic (exact) mass is 242 g/mol. The zero-order valence-electron chi connectivity index (χ0n) is 10.5. The van der Waals surface area contributed by atoms with E-state index in [1.54, 1.807) is 18.2 Å². The summed E-state index contributed by atoms with van der Waals surface area (Å²) in [6.07, 6.45) is 0.938. The molecule has 0 aliphatic rings. The summed E-state index contributed by atoms with van der Waals surface area (Å²) in [5.41, 5.74) is 3.00. The number of ketones is 1. The van der Waals surface area contributed by atoms with Crippen molar-refractivity contribution in [3.63, 3.8) is 0 Å². The van der Waals surface area contributed by atoms with Crippen LogP contribution in [0.15, 0.2) is 42.5 Å². The van der Waals surface area contributed by atoms with Crippen LogP contribution in [0, 0.1) is 12.7 Å². The van der Waals surface area contributed by atoms with E-state index in [9.17, 15) is 9.18 Å². The third kappa shape index (κ3) is 2.48. The lowest BCUT2D eigenvalue weighted by atomic mass is 9.98. The highest BCUT2D eigenvalue weighted by atomic mass is 19.1. The molecule has 0 atom stereocenters. The van der Waals surface area contributed by atoms with Crippen LogP contribution in [0.4, 0.5) is 4.39 Å². The molecule has 2 heteroatoms. The Morgan fingerprint density at radius 3 is 2.39 bits per heavy atom. The van der Waals surface area contributed by atoms with Crippen molar-refractivity contribution < 1.29 is 9.18 Å². The van der Waals surface area contributed by atoms with Gasteiger partial charge in [0.25, 0.3) is 0 Å². The van der Waals surface area contributed by atoms with Gasteiger partial charge in [0.2, 0.25) is 0 Å². The van der Waals surface area contributed by atoms with Crippen LogP contribution in [0.2, 0.25) is 0 Å². The fourth-order valence-corrected chi connectivity index (χ4v) is 1.89. The fraction of sp³-hybridized carbons (Fsp3) is 0.188. The molecule has 0 bridgehead atoms. The normalized spacial score (nSPS) is 10.4. The first kappa shape index (κ1) is 12.5. The summed E-state index contributed by atoms with van der Waals surface area (Å²) in [7, 11) is 0. The van der Waals surface area contributed by atoms with E-state index in [-0.39, 0.29) is 11.6 Å². The highest BCUT2D eigenvalue weighted by molar-refractivity contribution is 6.09. The minimum absolute atomic E-state index is 0.130. The summed E-state index contributed by atoms with van der Waals surface area (Å²) in [5.74, 6) is -0.510. The average molecular weight is 242 g/mol. The molecule has 2 aromatic carbocycles. The number of hydrogen-bond donors (Lipinski definition) is 0. The van der Waals surface area contributed by atoms with Crippen LogP contribution in [0.25, 0.3) is 0 Å². The zero-order valence-corrected chi connectivity index (χ0v) is 10.5. The van der Waals surface area contributed by atoms with Gasteiger partial charge in [-0.25, -0.2) is 4.39 Å². The molecule has 92 valence electrons. The molecule has 0 saturated carbocycles. The van der Waals surface area contributed by atoms with E-state index in [0.717, 1.165) is 12.0 Å². The van der Waals surface area contributed by atoms with Crippen LogP contribution in [0.5, 0.6) is 0 Å². The van der Waals surface area contributed by atoms with E-state index in [1.807, 2.05) is 19.1 Å². The Bertz CT molecular complexity index is 570. The molecule has 0 fully saturated rings. The Balaban J connectivity index is 2.38. The number of carbonyl (C=O) groups is 1. The van der Waals surface area contributed by atoms with Crippen molar-refractivity contribution in [3.05, 3.63) is 70.5 Å². The molecule has 0 aliphatic carbocycles. The first-order valence-corrected chi connectivity index (χ1v) is 6.01. The van der Waals surface area contributed by atoms with Gasteiger partial charge >= 0.3 is 0 Å². The molecular formula is C16H15FO. The standard InChI is InChI=1S/C16H15FO/c1-3-12-5-7-13(8-6-12)16(18)15-10-14(17)9-4-11(15)2/h4-10H,3H2,1-2H3. The molecule has 2 aromatic rings. The van der Waals surface area contributed by atoms with E-state index >= 15 is 0 Å². The summed E-state index contributed by atoms with van der Waals surface area (Å²) in [6, 6.07) is 11.8. The molecule has 0 unspecified atom stereocenters. The average Bonchev–Trinajstić information content (AvgIpc) is 2.41. The van der Waals surface area contributed by atoms with Crippen LogP contribution < -0.4 is 0 Å². The lowest BCUT2D eigenvalue weighted by molar-refractivity contribution is 0.103. The zero-order chi connectivity index (χ0) is 13.1. The van der Waals surface area contributed by atoms with Crippen LogP contribution in [0.1, 0.15) is 34.0 Å². The Labute approximate surface area is 106 Å². The van der Waals surface area contributed by atoms with Crippen molar-refractivity contribution in [3.8, 4) is 0 Å². The first-order valence-electron chi connectivity index (χ1n) is 6.01. The maximum Gasteiger partial charge on any atom is 0.193 e. The summed E-state index contributed by atoms with van der Waals surface area (Å²) in [5, 5.41) is 0. The second-order valence-electron chi connectivity index (χ2n) is 4.34. The predicted octanol–water partition coefficient (Wildman–Crippen LogP) is 3.93. The van der Waals surface area contributed by atoms with E-state index in [4.69, 9.17) is 0 Å². The van der Waals surface area contributed by atoms with E-state index < -0.39 is 0 Å². The molecule has 0 heterocycles. The maximum absolute atomic E-state index is 13.2. The van der Waals surface area contributed by atoms with Crippen molar-refractivity contribution in [1.29, 1.82) is 0 Å². The first-order chi connectivity index (χ1) is 8.61. The van der Waals surface area contributed by atoms with Crippen LogP contribution in [-0.2, 0) is 6.42 Å². The van der Waals surface area contributed by atoms with Gasteiger partial charge in [-0.15, -0.1) is 0 Å². The molecular weight excluding hydrogens is 227 g/mol. The van der Waals surface area contributed by atoms with E-state index in [0.29, 0.717) is 11.1 Å². The Kier molecular flexibility index (Phi) is 3.56. The van der Waals surface area contributed by atoms with Crippen molar-refractivity contribution in [2.75, 3.05) is 0 Å². The third-order valence-electron chi connectivity index (χ3n) is 3.07. The number of benzene rings is 2. The number of carbonyl (C=O) groups excluding carboxylic acids is 1. The number of aryl methyl sites for hydroxylation is 2. The Morgan fingerprint density at radius 2 is 1.78 bits per heavy atom. The van der Waals surface area contributed by atoms with Crippen molar-refractivity contribution in [2.45, 2.75) is 20.3 Å². The number of hydrogen-bond acceptors (Lipinski definition) is 1. The van der Waals surface area contributed by atoms with E-state index in [2.05, 4.69) is 6.92 Å². The van der Waals surface area contributed by atoms with Gasteiger partial charge in [-0.1, -0.05) is 37.3 Å². The van der Waals surface area contributed by atoms with Crippen LogP contribution in [-0.4, -0.2) is 5.78 Å². The molecule has 2 rings (SSSR count). The molecule has 0 aromatic heterocycles. The Hall–Kier alpha value is -1.96. The van der Waals surface area contributed by atoms with Gasteiger partial charge in [0.15, 0.2) is 5.78 Å². The lowest BCUT2D eigenvalue weighted by Crippen LogP contribution is -2.04. The SMILES string of the molecule is CCc1ccc(C(=O)c2cc(F)ccc2C)cc1. The van der Waals surface area contributed by atoms with Crippen molar-refractivity contribution >= 4 is 5.78 Å². The summed E-state index contributed by atoms with van der Waals surface area (Å²) >= 11 is 0. The lowest BCUT2D eigenvalue weighted by Gasteiger charge is -2.06. The molecule has 0 saturated heterocycles. The minimum Gasteiger partial charge on any atom is -0.289 e. The molecule has 0 spiro atoms. The molecule has 1 nitrogen and oxygen atoms in total. The van der Waals surface area contributed by atoms with E-state index in [1.165, 1.54) is 17.7 Å². The third-order valence-corrected chi connectivity index (χ3v) is 3.07. The second kappa shape index (κ2) is 5.13. The number of rotatable bonds is 3. The minimum atomic E-state index is -0.380. The highest BCUT2D eigenvalue weighted by Gasteiger charge is 2.12. The maximum atomic E-state index is 13.2. The van der Waals surface area contributed by atoms with Gasteiger partial charge in [-0.3, -0.25) is 4.79 Å². The van der Waals surface area contributed by atoms with Crippen molar-refractivity contribution in [1.82, 2.24) is 0 Å². The topological polar surface area (TPSA) is 17.1 Å². The molecule has 18 heavy (non-hydrogen) atoms. The van der Waals surface area contributed by atoms with Gasteiger partial charge in [-0.2, -0.15) is 0 Å². The molecule has 0 radical (unpaired) electrons. The Morgan fingerprint density at radius 1 is 1.11 bits per heavy atom. The highest BCUT2D eigenvalue weighted by Crippen LogP contribution is 2.16. The van der Waals surface area contributed by atoms with Gasteiger partial charge in [-0.05, 0) is 36.6 Å². The summed E-state index contributed by atoms with van der Waals surface area (Å²) in [6.45, 7) is 3.88. The largest absolute Gasteiger partial charge is 0.289 e. The van der Waals surface area contributed by atoms with Gasteiger partial charge in [0.05, 0.1) is 0 Å². The molecule has 0 amide bonds. The van der Waals surface area contributed by atoms with Gasteiger partial charge < -0.3 is 0 Å². The fourth-order valence-electron chi connectivity index (χ4n) is 1.89. The van der Waals surface area contributed by atoms with Crippen LogP contribution in [0.3, 0.4) is 0 Å². The molecule has 0 aliphatic heterocycles. The quantitative estimate of drug-likeness (QED) is 0.745. The smallest absolute Gasteiger partial charge is 0.193 e. The second-order valence-corrected chi connectivity index (χ2v) is 4.34. The van der Waals surface area contributed by atoms with Gasteiger partial charge in [0, 0.05) is 11.1 Å². The summed E-state index contributed by atoms with van der Waals surface area (Å²) < 4.78 is 13.2. The van der Waals surface area contributed by atoms with Crippen LogP contribution >= 0.6 is 0 Å². The summed E-state index contributed by atoms with van der Waals surface area (Å²) in [4.78, 5) is 12.3. The van der Waals surface area contributed by atoms with Crippen molar-refractivity contribution in [2.24, 2.45) is 0 Å². The predicted molar refractivity (Wildman–Crippen MR) is 70.4 cm³/mol. The van der Waals surface area contributed by atoms with Gasteiger partial charge in [0.1, 0.15) is 5.82 Å². The molecule has 0 N–H and O–H groups in total. The number of halogens is 1.